The Hall–Kier alpha value is -3.98. The van der Waals surface area contributed by atoms with Crippen molar-refractivity contribution in [3.8, 4) is 17.3 Å². The van der Waals surface area contributed by atoms with E-state index in [1.54, 1.807) is 37.5 Å². The Kier molecular flexibility index (Phi) is 8.12. The molecule has 0 spiro atoms. The molecule has 0 aliphatic rings. The van der Waals surface area contributed by atoms with Gasteiger partial charge < -0.3 is 9.88 Å². The minimum absolute atomic E-state index is 0.0154. The highest BCUT2D eigenvalue weighted by molar-refractivity contribution is 7.93. The molecule has 3 rings (SSSR count). The largest absolute Gasteiger partial charge is 0.419 e. The number of hydrogen-bond donors (Lipinski definition) is 1. The molecule has 1 atom stereocenters. The molecule has 12 heteroatoms. The summed E-state index contributed by atoms with van der Waals surface area (Å²) in [6.07, 6.45) is -0.791. The Bertz CT molecular complexity index is 1610. The van der Waals surface area contributed by atoms with Gasteiger partial charge in [0.15, 0.2) is 0 Å². The molecule has 1 heterocycles. The minimum atomic E-state index is -4.97. The Balaban J connectivity index is 2.01. The lowest BCUT2D eigenvalue weighted by molar-refractivity contribution is -0.139. The molecule has 0 saturated carbocycles. The molecule has 38 heavy (non-hydrogen) atoms. The van der Waals surface area contributed by atoms with E-state index in [-0.39, 0.29) is 29.3 Å². The summed E-state index contributed by atoms with van der Waals surface area (Å²) < 4.78 is 71.2. The van der Waals surface area contributed by atoms with E-state index in [9.17, 15) is 31.4 Å². The molecule has 0 saturated heterocycles. The summed E-state index contributed by atoms with van der Waals surface area (Å²) in [6.45, 7) is 5.08. The topological polar surface area (TPSA) is 104 Å². The van der Waals surface area contributed by atoms with Crippen LogP contribution >= 0.6 is 0 Å². The van der Waals surface area contributed by atoms with Crippen molar-refractivity contribution in [3.05, 3.63) is 87.1 Å². The zero-order valence-corrected chi connectivity index (χ0v) is 21.7. The maximum Gasteiger partial charge on any atom is 0.419 e. The highest BCUT2D eigenvalue weighted by atomic mass is 32.2. The van der Waals surface area contributed by atoms with Gasteiger partial charge in [0.1, 0.15) is 11.4 Å². The quantitative estimate of drug-likeness (QED) is 0.328. The molecule has 1 N–H and O–H groups in total. The van der Waals surface area contributed by atoms with Gasteiger partial charge in [-0.15, -0.1) is 4.36 Å². The first-order valence-electron chi connectivity index (χ1n) is 11.3. The van der Waals surface area contributed by atoms with Crippen LogP contribution in [0.5, 0.6) is 0 Å². The first-order valence-corrected chi connectivity index (χ1v) is 13.2. The number of halogens is 4. The van der Waals surface area contributed by atoms with Crippen molar-refractivity contribution in [3.63, 3.8) is 0 Å². The second-order valence-electron chi connectivity index (χ2n) is 8.85. The van der Waals surface area contributed by atoms with E-state index in [0.717, 1.165) is 6.07 Å². The number of rotatable bonds is 6. The van der Waals surface area contributed by atoms with Gasteiger partial charge in [0, 0.05) is 41.2 Å². The van der Waals surface area contributed by atoms with Gasteiger partial charge in [-0.05, 0) is 56.2 Å². The standard InChI is InChI=1S/C26H24F4N4O3S/c1-15(2)34-13-20(25(36)32-12-17-5-8-19(9-6-17)38(4,37)33-14-31)24(35)23(16(34)3)18-7-10-22(27)21(11-18)26(28,29)30/h5-11,13,15H,12H2,1-4H3,(H,32,36). The van der Waals surface area contributed by atoms with Crippen LogP contribution in [0.2, 0.25) is 0 Å². The number of benzene rings is 2. The molecule has 1 aromatic heterocycles. The number of nitrogens with one attached hydrogen (secondary N) is 1. The van der Waals surface area contributed by atoms with Gasteiger partial charge in [0.05, 0.1) is 15.3 Å². The number of carbonyl (C=O) groups is 1. The number of nitrogens with zero attached hydrogens (tertiary/aromatic N) is 3. The van der Waals surface area contributed by atoms with Crippen LogP contribution in [0.1, 0.15) is 47.1 Å². The van der Waals surface area contributed by atoms with Crippen LogP contribution in [0.15, 0.2) is 62.7 Å². The van der Waals surface area contributed by atoms with E-state index in [0.29, 0.717) is 28.3 Å². The molecule has 2 aromatic carbocycles. The van der Waals surface area contributed by atoms with Crippen LogP contribution in [0.4, 0.5) is 17.6 Å². The molecular weight excluding hydrogens is 524 g/mol. The fraction of sp³-hybridized carbons (Fsp3) is 0.269. The van der Waals surface area contributed by atoms with E-state index >= 15 is 0 Å². The highest BCUT2D eigenvalue weighted by Crippen LogP contribution is 2.34. The lowest BCUT2D eigenvalue weighted by Gasteiger charge is -2.20. The SMILES string of the molecule is Cc1c(-c2ccc(F)c(C(F)(F)F)c2)c(=O)c(C(=O)NCc2ccc(S(C)(=O)=NC#N)cc2)cn1C(C)C. The Morgan fingerprint density at radius 2 is 1.82 bits per heavy atom. The van der Waals surface area contributed by atoms with Gasteiger partial charge in [0.25, 0.3) is 5.91 Å². The molecule has 0 aliphatic heterocycles. The lowest BCUT2D eigenvalue weighted by atomic mass is 9.98. The summed E-state index contributed by atoms with van der Waals surface area (Å²) in [5.41, 5.74) is -1.98. The molecule has 1 unspecified atom stereocenters. The fourth-order valence-electron chi connectivity index (χ4n) is 3.93. The third-order valence-electron chi connectivity index (χ3n) is 5.88. The Morgan fingerprint density at radius 1 is 1.18 bits per heavy atom. The predicted molar refractivity (Wildman–Crippen MR) is 134 cm³/mol. The maximum atomic E-state index is 13.9. The van der Waals surface area contributed by atoms with Crippen LogP contribution in [-0.2, 0) is 22.5 Å². The number of hydrogen-bond acceptors (Lipinski definition) is 5. The van der Waals surface area contributed by atoms with Crippen LogP contribution in [-0.4, -0.2) is 20.9 Å². The second kappa shape index (κ2) is 10.8. The third kappa shape index (κ3) is 5.94. The first-order chi connectivity index (χ1) is 17.7. The molecule has 0 fully saturated rings. The van der Waals surface area contributed by atoms with E-state index in [1.807, 2.05) is 0 Å². The van der Waals surface area contributed by atoms with Crippen LogP contribution < -0.4 is 10.7 Å². The number of alkyl halides is 3. The zero-order chi connectivity index (χ0) is 28.4. The molecule has 0 radical (unpaired) electrons. The molecule has 3 aromatic rings. The van der Waals surface area contributed by atoms with Crippen LogP contribution in [0, 0.1) is 24.2 Å². The average molecular weight is 549 g/mol. The van der Waals surface area contributed by atoms with E-state index in [4.69, 9.17) is 5.26 Å². The van der Waals surface area contributed by atoms with Crippen molar-refractivity contribution in [2.75, 3.05) is 6.26 Å². The number of pyridine rings is 1. The Morgan fingerprint density at radius 3 is 2.37 bits per heavy atom. The summed E-state index contributed by atoms with van der Waals surface area (Å²) >= 11 is 0. The zero-order valence-electron chi connectivity index (χ0n) is 20.9. The smallest absolute Gasteiger partial charge is 0.348 e. The second-order valence-corrected chi connectivity index (χ2v) is 11.1. The summed E-state index contributed by atoms with van der Waals surface area (Å²) in [6, 6.07) is 8.21. The summed E-state index contributed by atoms with van der Waals surface area (Å²) in [5, 5.41) is 11.3. The van der Waals surface area contributed by atoms with Gasteiger partial charge in [-0.25, -0.2) is 8.60 Å². The molecule has 1 amide bonds. The number of aromatic nitrogens is 1. The van der Waals surface area contributed by atoms with Crippen molar-refractivity contribution in [2.45, 2.75) is 44.4 Å². The summed E-state index contributed by atoms with van der Waals surface area (Å²) in [4.78, 5) is 26.7. The summed E-state index contributed by atoms with van der Waals surface area (Å²) in [5.74, 6) is -2.23. The van der Waals surface area contributed by atoms with Crippen molar-refractivity contribution in [2.24, 2.45) is 4.36 Å². The third-order valence-corrected chi connectivity index (χ3v) is 7.46. The van der Waals surface area contributed by atoms with Crippen LogP contribution in [0.3, 0.4) is 0 Å². The number of nitriles is 1. The van der Waals surface area contributed by atoms with Gasteiger partial charge in [-0.1, -0.05) is 18.2 Å². The van der Waals surface area contributed by atoms with Crippen molar-refractivity contribution >= 4 is 15.6 Å². The van der Waals surface area contributed by atoms with Gasteiger partial charge in [0.2, 0.25) is 11.6 Å². The van der Waals surface area contributed by atoms with Crippen molar-refractivity contribution in [1.82, 2.24) is 9.88 Å². The van der Waals surface area contributed by atoms with Crippen LogP contribution in [0.25, 0.3) is 11.1 Å². The van der Waals surface area contributed by atoms with Crippen molar-refractivity contribution < 1.29 is 26.6 Å². The van der Waals surface area contributed by atoms with Gasteiger partial charge >= 0.3 is 6.18 Å². The number of amides is 1. The Labute approximate surface area is 216 Å². The van der Waals surface area contributed by atoms with Crippen molar-refractivity contribution in [1.29, 1.82) is 5.26 Å². The molecule has 200 valence electrons. The molecule has 0 bridgehead atoms. The fourth-order valence-corrected chi connectivity index (χ4v) is 4.83. The highest BCUT2D eigenvalue weighted by Gasteiger charge is 2.35. The molecule has 7 nitrogen and oxygen atoms in total. The average Bonchev–Trinajstić information content (AvgIpc) is 2.83. The lowest BCUT2D eigenvalue weighted by Crippen LogP contribution is -2.31. The van der Waals surface area contributed by atoms with E-state index in [1.165, 1.54) is 30.8 Å². The first kappa shape index (κ1) is 28.6. The summed E-state index contributed by atoms with van der Waals surface area (Å²) in [7, 11) is -2.88. The van der Waals surface area contributed by atoms with Gasteiger partial charge in [-0.2, -0.15) is 18.4 Å². The maximum absolute atomic E-state index is 13.9. The number of carbonyl (C=O) groups excluding carboxylic acids is 1. The predicted octanol–water partition coefficient (Wildman–Crippen LogP) is 5.43. The van der Waals surface area contributed by atoms with Gasteiger partial charge in [-0.3, -0.25) is 9.59 Å². The minimum Gasteiger partial charge on any atom is -0.348 e. The van der Waals surface area contributed by atoms with E-state index < -0.39 is 38.6 Å². The normalized spacial score (nSPS) is 13.1. The molecule has 0 aliphatic carbocycles. The van der Waals surface area contributed by atoms with E-state index in [2.05, 4.69) is 9.68 Å². The monoisotopic (exact) mass is 548 g/mol. The molecular formula is C26H24F4N4O3S.